The Balaban J connectivity index is 1.59. The summed E-state index contributed by atoms with van der Waals surface area (Å²) in [6.07, 6.45) is 2.99. The van der Waals surface area contributed by atoms with Gasteiger partial charge in [0.2, 0.25) is 5.91 Å². The maximum Gasteiger partial charge on any atom is 0.253 e. The molecule has 0 saturated carbocycles. The van der Waals surface area contributed by atoms with Crippen LogP contribution in [0.4, 0.5) is 4.39 Å². The van der Waals surface area contributed by atoms with Gasteiger partial charge in [0.1, 0.15) is 5.82 Å². The van der Waals surface area contributed by atoms with E-state index in [2.05, 4.69) is 0 Å². The smallest absolute Gasteiger partial charge is 0.253 e. The maximum absolute atomic E-state index is 13.2. The van der Waals surface area contributed by atoms with Crippen molar-refractivity contribution in [1.29, 1.82) is 0 Å². The van der Waals surface area contributed by atoms with Crippen molar-refractivity contribution in [2.75, 3.05) is 32.7 Å². The highest BCUT2D eigenvalue weighted by Gasteiger charge is 2.33. The van der Waals surface area contributed by atoms with E-state index in [1.54, 1.807) is 4.90 Å². The Morgan fingerprint density at radius 1 is 1.10 bits per heavy atom. The third-order valence-corrected chi connectivity index (χ3v) is 6.66. The van der Waals surface area contributed by atoms with Crippen molar-refractivity contribution in [3.05, 3.63) is 35.6 Å². The summed E-state index contributed by atoms with van der Waals surface area (Å²) in [7, 11) is 0. The van der Waals surface area contributed by atoms with Gasteiger partial charge in [-0.05, 0) is 48.9 Å². The van der Waals surface area contributed by atoms with Crippen LogP contribution >= 0.6 is 0 Å². The van der Waals surface area contributed by atoms with Gasteiger partial charge < -0.3 is 25.4 Å². The van der Waals surface area contributed by atoms with E-state index in [9.17, 15) is 23.9 Å². The Bertz CT molecular complexity index is 762. The summed E-state index contributed by atoms with van der Waals surface area (Å²) in [5, 5.41) is 11.2. The SMILES string of the molecule is NC(=O)C1CC[NH+](CC[C@H]2CN(C(=O)c3ccc(F)cc3)CC[C@H]2CC(=O)[O-])CC1. The predicted molar refractivity (Wildman–Crippen MR) is 106 cm³/mol. The van der Waals surface area contributed by atoms with Gasteiger partial charge in [-0.3, -0.25) is 9.59 Å². The lowest BCUT2D eigenvalue weighted by Crippen LogP contribution is -3.13. The lowest BCUT2D eigenvalue weighted by atomic mass is 9.80. The number of nitrogens with zero attached hydrogens (tertiary/aromatic N) is 1. The van der Waals surface area contributed by atoms with Gasteiger partial charge in [-0.25, -0.2) is 4.39 Å². The second-order valence-corrected chi connectivity index (χ2v) is 8.61. The van der Waals surface area contributed by atoms with Crippen LogP contribution in [-0.2, 0) is 9.59 Å². The summed E-state index contributed by atoms with van der Waals surface area (Å²) in [4.78, 5) is 38.5. The number of carbonyl (C=O) groups is 3. The minimum Gasteiger partial charge on any atom is -0.550 e. The highest BCUT2D eigenvalue weighted by molar-refractivity contribution is 5.94. The van der Waals surface area contributed by atoms with E-state index < -0.39 is 5.97 Å². The Kier molecular flexibility index (Phi) is 7.42. The standard InChI is InChI=1S/C22H30FN3O4/c23-19-3-1-16(2-4-19)22(30)26-12-8-17(13-20(27)28)18(14-26)7-11-25-9-5-15(6-10-25)21(24)29/h1-4,15,17-18H,5-14H2,(H2,24,29)(H,27,28)/t17-,18-/m0/s1. The summed E-state index contributed by atoms with van der Waals surface area (Å²) >= 11 is 0. The number of likely N-dealkylation sites (tertiary alicyclic amines) is 2. The lowest BCUT2D eigenvalue weighted by molar-refractivity contribution is -0.906. The van der Waals surface area contributed by atoms with Crippen LogP contribution in [0.1, 0.15) is 42.5 Å². The molecule has 2 aliphatic heterocycles. The molecule has 8 heteroatoms. The second kappa shape index (κ2) is 10.0. The van der Waals surface area contributed by atoms with Crippen LogP contribution in [-0.4, -0.2) is 55.4 Å². The van der Waals surface area contributed by atoms with E-state index in [-0.39, 0.29) is 41.8 Å². The highest BCUT2D eigenvalue weighted by atomic mass is 19.1. The molecule has 2 aliphatic rings. The molecular weight excluding hydrogens is 389 g/mol. The molecule has 3 N–H and O–H groups in total. The van der Waals surface area contributed by atoms with Crippen molar-refractivity contribution >= 4 is 17.8 Å². The van der Waals surface area contributed by atoms with Crippen molar-refractivity contribution in [3.8, 4) is 0 Å². The number of primary amides is 1. The Hall–Kier alpha value is -2.48. The summed E-state index contributed by atoms with van der Waals surface area (Å²) in [5.41, 5.74) is 5.84. The van der Waals surface area contributed by atoms with Gasteiger partial charge in [0.05, 0.1) is 19.6 Å². The van der Waals surface area contributed by atoms with Gasteiger partial charge in [-0.15, -0.1) is 0 Å². The molecule has 0 bridgehead atoms. The first kappa shape index (κ1) is 22.2. The van der Waals surface area contributed by atoms with E-state index in [0.717, 1.165) is 38.9 Å². The number of amides is 2. The summed E-state index contributed by atoms with van der Waals surface area (Å²) in [5.74, 6) is -1.82. The van der Waals surface area contributed by atoms with Crippen LogP contribution in [0.2, 0.25) is 0 Å². The molecule has 0 aromatic heterocycles. The molecule has 1 aromatic rings. The first-order chi connectivity index (χ1) is 14.3. The maximum atomic E-state index is 13.2. The third kappa shape index (κ3) is 5.78. The molecule has 2 heterocycles. The molecule has 0 unspecified atom stereocenters. The Labute approximate surface area is 176 Å². The van der Waals surface area contributed by atoms with Crippen LogP contribution < -0.4 is 15.7 Å². The molecule has 30 heavy (non-hydrogen) atoms. The normalized spacial score (nSPS) is 26.9. The van der Waals surface area contributed by atoms with E-state index in [1.807, 2.05) is 0 Å². The zero-order valence-electron chi connectivity index (χ0n) is 17.1. The van der Waals surface area contributed by atoms with Crippen molar-refractivity contribution in [2.24, 2.45) is 23.5 Å². The number of halogens is 1. The number of hydrogen-bond donors (Lipinski definition) is 2. The number of carbonyl (C=O) groups excluding carboxylic acids is 3. The van der Waals surface area contributed by atoms with Gasteiger partial charge in [-0.2, -0.15) is 0 Å². The van der Waals surface area contributed by atoms with Crippen molar-refractivity contribution in [2.45, 2.75) is 32.1 Å². The number of hydrogen-bond acceptors (Lipinski definition) is 4. The quantitative estimate of drug-likeness (QED) is 0.604. The average molecular weight is 419 g/mol. The number of aliphatic carboxylic acids is 1. The second-order valence-electron chi connectivity index (χ2n) is 8.61. The zero-order valence-corrected chi connectivity index (χ0v) is 17.1. The molecular formula is C22H30FN3O4. The number of nitrogens with two attached hydrogens (primary N) is 1. The van der Waals surface area contributed by atoms with Crippen LogP contribution in [0.3, 0.4) is 0 Å². The zero-order chi connectivity index (χ0) is 21.7. The van der Waals surface area contributed by atoms with Crippen LogP contribution in [0, 0.1) is 23.6 Å². The van der Waals surface area contributed by atoms with Crippen LogP contribution in [0.5, 0.6) is 0 Å². The molecule has 7 nitrogen and oxygen atoms in total. The fraction of sp³-hybridized carbons (Fsp3) is 0.591. The van der Waals surface area contributed by atoms with Gasteiger partial charge in [-0.1, -0.05) is 0 Å². The van der Waals surface area contributed by atoms with E-state index in [4.69, 9.17) is 5.73 Å². The Morgan fingerprint density at radius 2 is 1.77 bits per heavy atom. The number of carboxylic acids is 1. The fourth-order valence-electron chi connectivity index (χ4n) is 4.80. The molecule has 2 fully saturated rings. The van der Waals surface area contributed by atoms with Gasteiger partial charge in [0.25, 0.3) is 5.91 Å². The van der Waals surface area contributed by atoms with Crippen molar-refractivity contribution in [1.82, 2.24) is 4.90 Å². The van der Waals surface area contributed by atoms with Crippen molar-refractivity contribution < 1.29 is 28.8 Å². The first-order valence-corrected chi connectivity index (χ1v) is 10.7. The number of benzene rings is 1. The summed E-state index contributed by atoms with van der Waals surface area (Å²) in [6, 6.07) is 5.50. The molecule has 0 spiro atoms. The largest absolute Gasteiger partial charge is 0.550 e. The van der Waals surface area contributed by atoms with Gasteiger partial charge >= 0.3 is 0 Å². The number of nitrogens with one attached hydrogen (secondary N) is 1. The molecule has 3 rings (SSSR count). The summed E-state index contributed by atoms with van der Waals surface area (Å²) < 4.78 is 13.2. The fourth-order valence-corrected chi connectivity index (χ4v) is 4.80. The van der Waals surface area contributed by atoms with Crippen LogP contribution in [0.25, 0.3) is 0 Å². The molecule has 1 aromatic carbocycles. The minimum absolute atomic E-state index is 0.00231. The third-order valence-electron chi connectivity index (χ3n) is 6.66. The molecule has 2 amide bonds. The first-order valence-electron chi connectivity index (χ1n) is 10.7. The molecule has 2 atom stereocenters. The number of rotatable bonds is 7. The Morgan fingerprint density at radius 3 is 2.37 bits per heavy atom. The molecule has 0 radical (unpaired) electrons. The van der Waals surface area contributed by atoms with Gasteiger partial charge in [0.15, 0.2) is 0 Å². The molecule has 0 aliphatic carbocycles. The van der Waals surface area contributed by atoms with E-state index in [0.29, 0.717) is 25.1 Å². The average Bonchev–Trinajstić information content (AvgIpc) is 2.73. The van der Waals surface area contributed by atoms with E-state index in [1.165, 1.54) is 29.2 Å². The lowest BCUT2D eigenvalue weighted by Gasteiger charge is -2.39. The van der Waals surface area contributed by atoms with Crippen molar-refractivity contribution in [3.63, 3.8) is 0 Å². The number of quaternary nitrogens is 1. The van der Waals surface area contributed by atoms with E-state index >= 15 is 0 Å². The molecule has 2 saturated heterocycles. The number of piperidine rings is 2. The minimum atomic E-state index is -1.06. The topological polar surface area (TPSA) is 108 Å². The summed E-state index contributed by atoms with van der Waals surface area (Å²) in [6.45, 7) is 3.61. The van der Waals surface area contributed by atoms with Gasteiger partial charge in [0, 0.05) is 49.8 Å². The monoisotopic (exact) mass is 419 g/mol. The highest BCUT2D eigenvalue weighted by Crippen LogP contribution is 2.29. The van der Waals surface area contributed by atoms with Crippen LogP contribution in [0.15, 0.2) is 24.3 Å². The predicted octanol–water partition coefficient (Wildman–Crippen LogP) is -0.786. The molecule has 164 valence electrons. The number of carboxylic acid groups (broad SMARTS) is 1.